The first kappa shape index (κ1) is 32.6. The van der Waals surface area contributed by atoms with Crippen molar-refractivity contribution in [1.82, 2.24) is 29.7 Å². The second-order valence-corrected chi connectivity index (χ2v) is 16.4. The highest BCUT2D eigenvalue weighted by molar-refractivity contribution is 5.85. The van der Waals surface area contributed by atoms with Crippen LogP contribution in [-0.2, 0) is 35.2 Å². The summed E-state index contributed by atoms with van der Waals surface area (Å²) < 4.78 is 11.4. The third kappa shape index (κ3) is 6.07. The first-order valence-electron chi connectivity index (χ1n) is 18.2. The minimum atomic E-state index is -0.534. The summed E-state index contributed by atoms with van der Waals surface area (Å²) in [7, 11) is 0. The van der Waals surface area contributed by atoms with Crippen LogP contribution in [0.5, 0.6) is 0 Å². The van der Waals surface area contributed by atoms with Crippen molar-refractivity contribution < 1.29 is 19.1 Å². The summed E-state index contributed by atoms with van der Waals surface area (Å²) in [6, 6.07) is 9.13. The van der Waals surface area contributed by atoms with Crippen LogP contribution in [-0.4, -0.2) is 66.2 Å². The Hall–Kier alpha value is -4.60. The Morgan fingerprint density at radius 2 is 1.00 bits per heavy atom. The SMILES string of the molecule is CC(C)(C)OC(=O)N1CCC[C@H]1c1ncc(-c2cc3c4c(c2)CCc2cc(-c5cnc([C@@H]6CCCN6C(=O)OC(C)(C)C)[nH]5)cc(c2-4)CC3)[nH]1. The van der Waals surface area contributed by atoms with E-state index >= 15 is 0 Å². The van der Waals surface area contributed by atoms with E-state index in [4.69, 9.17) is 19.4 Å². The van der Waals surface area contributed by atoms with Crippen LogP contribution < -0.4 is 0 Å². The Bertz CT molecular complexity index is 1790. The highest BCUT2D eigenvalue weighted by Gasteiger charge is 2.37. The van der Waals surface area contributed by atoms with Gasteiger partial charge >= 0.3 is 12.2 Å². The number of nitrogens with one attached hydrogen (secondary N) is 2. The lowest BCUT2D eigenvalue weighted by Gasteiger charge is -2.30. The summed E-state index contributed by atoms with van der Waals surface area (Å²) in [4.78, 5) is 46.2. The Kier molecular flexibility index (Phi) is 7.84. The molecule has 262 valence electrons. The van der Waals surface area contributed by atoms with Gasteiger partial charge in [0.15, 0.2) is 0 Å². The van der Waals surface area contributed by atoms with Gasteiger partial charge in [-0.25, -0.2) is 19.6 Å². The number of carbonyl (C=O) groups excluding carboxylic acids is 2. The number of benzene rings is 2. The monoisotopic (exact) mass is 676 g/mol. The number of rotatable bonds is 4. The third-order valence-electron chi connectivity index (χ3n) is 10.4. The fraction of sp³-hybridized carbons (Fsp3) is 0.500. The van der Waals surface area contributed by atoms with Crippen LogP contribution in [0.25, 0.3) is 33.6 Å². The van der Waals surface area contributed by atoms with Crippen molar-refractivity contribution in [3.8, 4) is 33.6 Å². The zero-order valence-electron chi connectivity index (χ0n) is 30.1. The smallest absolute Gasteiger partial charge is 0.410 e. The molecular formula is C40H48N6O4. The molecule has 2 aliphatic carbocycles. The molecule has 2 fully saturated rings. The van der Waals surface area contributed by atoms with Gasteiger partial charge in [-0.3, -0.25) is 9.80 Å². The molecule has 0 radical (unpaired) electrons. The molecule has 2 aromatic heterocycles. The first-order chi connectivity index (χ1) is 23.8. The van der Waals surface area contributed by atoms with E-state index in [0.717, 1.165) is 85.5 Å². The normalized spacial score (nSPS) is 19.9. The molecule has 50 heavy (non-hydrogen) atoms. The topological polar surface area (TPSA) is 116 Å². The van der Waals surface area contributed by atoms with Crippen molar-refractivity contribution in [2.75, 3.05) is 13.1 Å². The van der Waals surface area contributed by atoms with E-state index < -0.39 is 11.2 Å². The number of nitrogens with zero attached hydrogens (tertiary/aromatic N) is 4. The van der Waals surface area contributed by atoms with E-state index in [0.29, 0.717) is 13.1 Å². The highest BCUT2D eigenvalue weighted by Crippen LogP contribution is 2.46. The lowest BCUT2D eigenvalue weighted by atomic mass is 9.74. The fourth-order valence-corrected chi connectivity index (χ4v) is 8.30. The maximum atomic E-state index is 12.9. The Labute approximate surface area is 294 Å². The second kappa shape index (κ2) is 12.0. The van der Waals surface area contributed by atoms with Crippen LogP contribution in [0.4, 0.5) is 9.59 Å². The van der Waals surface area contributed by atoms with Gasteiger partial charge < -0.3 is 19.4 Å². The summed E-state index contributed by atoms with van der Waals surface area (Å²) in [6.45, 7) is 12.8. The predicted molar refractivity (Wildman–Crippen MR) is 192 cm³/mol. The van der Waals surface area contributed by atoms with Crippen molar-refractivity contribution in [2.45, 2.75) is 116 Å². The van der Waals surface area contributed by atoms with Crippen LogP contribution in [0.2, 0.25) is 0 Å². The second-order valence-electron chi connectivity index (χ2n) is 16.4. The first-order valence-corrected chi connectivity index (χ1v) is 18.2. The molecule has 2 atom stereocenters. The Balaban J connectivity index is 1.04. The number of H-pyrrole nitrogens is 2. The lowest BCUT2D eigenvalue weighted by Crippen LogP contribution is -2.36. The summed E-state index contributed by atoms with van der Waals surface area (Å²) in [5.41, 5.74) is 11.6. The van der Waals surface area contributed by atoms with E-state index in [1.807, 2.05) is 63.7 Å². The van der Waals surface area contributed by atoms with Gasteiger partial charge in [-0.2, -0.15) is 0 Å². The van der Waals surface area contributed by atoms with Gasteiger partial charge in [0.05, 0.1) is 35.9 Å². The van der Waals surface area contributed by atoms with Crippen molar-refractivity contribution in [3.63, 3.8) is 0 Å². The molecule has 0 saturated carbocycles. The van der Waals surface area contributed by atoms with Crippen LogP contribution in [0.15, 0.2) is 36.7 Å². The molecule has 0 unspecified atom stereocenters. The van der Waals surface area contributed by atoms with Crippen molar-refractivity contribution >= 4 is 12.2 Å². The molecule has 2 saturated heterocycles. The lowest BCUT2D eigenvalue weighted by molar-refractivity contribution is 0.0208. The van der Waals surface area contributed by atoms with Crippen LogP contribution in [0.1, 0.15) is 113 Å². The fourth-order valence-electron chi connectivity index (χ4n) is 8.30. The minimum Gasteiger partial charge on any atom is -0.444 e. The average Bonchev–Trinajstić information content (AvgIpc) is 3.87. The summed E-state index contributed by atoms with van der Waals surface area (Å²) in [6.07, 6.45) is 10.8. The molecule has 10 heteroatoms. The average molecular weight is 677 g/mol. The van der Waals surface area contributed by atoms with Gasteiger partial charge in [0.2, 0.25) is 0 Å². The Morgan fingerprint density at radius 3 is 1.34 bits per heavy atom. The summed E-state index contributed by atoms with van der Waals surface area (Å²) in [5.74, 6) is 1.64. The van der Waals surface area contributed by atoms with Crippen molar-refractivity contribution in [3.05, 3.63) is 70.6 Å². The summed E-state index contributed by atoms with van der Waals surface area (Å²) in [5, 5.41) is 0. The highest BCUT2D eigenvalue weighted by atomic mass is 16.6. The number of imidazole rings is 2. The zero-order valence-corrected chi connectivity index (χ0v) is 30.1. The van der Waals surface area contributed by atoms with Crippen LogP contribution in [0.3, 0.4) is 0 Å². The molecule has 2 aliphatic heterocycles. The number of likely N-dealkylation sites (tertiary alicyclic amines) is 2. The van der Waals surface area contributed by atoms with Gasteiger partial charge in [0.1, 0.15) is 22.9 Å². The number of ether oxygens (including phenoxy) is 2. The molecule has 0 bridgehead atoms. The number of hydrogen-bond acceptors (Lipinski definition) is 6. The summed E-state index contributed by atoms with van der Waals surface area (Å²) >= 11 is 0. The molecule has 2 N–H and O–H groups in total. The van der Waals surface area contributed by atoms with E-state index in [-0.39, 0.29) is 24.3 Å². The molecular weight excluding hydrogens is 628 g/mol. The molecule has 2 aromatic carbocycles. The molecule has 8 rings (SSSR count). The zero-order chi connectivity index (χ0) is 34.9. The third-order valence-corrected chi connectivity index (χ3v) is 10.4. The van der Waals surface area contributed by atoms with E-state index in [1.165, 1.54) is 33.4 Å². The molecule has 10 nitrogen and oxygen atoms in total. The van der Waals surface area contributed by atoms with Gasteiger partial charge in [0.25, 0.3) is 0 Å². The molecule has 4 aliphatic rings. The minimum absolute atomic E-state index is 0.105. The molecule has 2 amide bonds. The number of hydrogen-bond donors (Lipinski definition) is 2. The number of carbonyl (C=O) groups is 2. The Morgan fingerprint density at radius 1 is 0.640 bits per heavy atom. The van der Waals surface area contributed by atoms with Crippen molar-refractivity contribution in [1.29, 1.82) is 0 Å². The maximum absolute atomic E-state index is 12.9. The van der Waals surface area contributed by atoms with E-state index in [1.54, 1.807) is 0 Å². The van der Waals surface area contributed by atoms with Crippen molar-refractivity contribution in [2.24, 2.45) is 0 Å². The van der Waals surface area contributed by atoms with E-state index in [2.05, 4.69) is 34.2 Å². The number of aromatic nitrogens is 4. The molecule has 0 spiro atoms. The number of aryl methyl sites for hydroxylation is 4. The quantitative estimate of drug-likeness (QED) is 0.224. The predicted octanol–water partition coefficient (Wildman–Crippen LogP) is 8.48. The number of aromatic amines is 2. The van der Waals surface area contributed by atoms with Crippen LogP contribution >= 0.6 is 0 Å². The largest absolute Gasteiger partial charge is 0.444 e. The molecule has 4 heterocycles. The van der Waals surface area contributed by atoms with E-state index in [9.17, 15) is 9.59 Å². The van der Waals surface area contributed by atoms with Crippen LogP contribution in [0, 0.1) is 0 Å². The van der Waals surface area contributed by atoms with Gasteiger partial charge in [-0.1, -0.05) is 0 Å². The van der Waals surface area contributed by atoms with Gasteiger partial charge in [0, 0.05) is 24.2 Å². The standard InChI is InChI=1S/C40H48N6O4/c1-39(2,3)49-37(47)45-15-7-9-31(45)35-41-21-29(43-35)27-17-23-11-13-25-19-28(20-26-14-12-24(18-27)33(23)34(25)26)30-22-42-36(44-30)32-10-8-16-46(32)38(48)50-40(4,5)6/h17-22,31-32H,7-16H2,1-6H3,(H,41,43)(H,42,44)/t31-,32-/m0/s1. The van der Waals surface area contributed by atoms with Gasteiger partial charge in [-0.15, -0.1) is 0 Å². The number of amides is 2. The van der Waals surface area contributed by atoms with Gasteiger partial charge in [-0.05, 0) is 151 Å². The molecule has 4 aromatic rings. The maximum Gasteiger partial charge on any atom is 0.410 e.